The highest BCUT2D eigenvalue weighted by atomic mass is 32.2. The molecule has 1 aliphatic heterocycles. The molecule has 0 aliphatic carbocycles. The van der Waals surface area contributed by atoms with E-state index >= 15 is 0 Å². The van der Waals surface area contributed by atoms with Gasteiger partial charge in [0, 0.05) is 36.3 Å². The zero-order chi connectivity index (χ0) is 23.6. The molecule has 1 heterocycles. The van der Waals surface area contributed by atoms with Crippen LogP contribution in [0.1, 0.15) is 27.0 Å². The molecule has 0 atom stereocenters. The Bertz CT molecular complexity index is 1310. The fourth-order valence-corrected chi connectivity index (χ4v) is 5.27. The predicted molar refractivity (Wildman–Crippen MR) is 118 cm³/mol. The number of hydrogen-bond acceptors (Lipinski definition) is 4. The first-order valence-corrected chi connectivity index (χ1v) is 11.7. The molecule has 1 N–H and O–H groups in total. The Morgan fingerprint density at radius 2 is 1.88 bits per heavy atom. The second kappa shape index (κ2) is 9.29. The van der Waals surface area contributed by atoms with Gasteiger partial charge in [0.2, 0.25) is 10.0 Å². The largest absolute Gasteiger partial charge is 0.492 e. The smallest absolute Gasteiger partial charge is 0.251 e. The lowest BCUT2D eigenvalue weighted by molar-refractivity contribution is 0.0950. The number of aryl methyl sites for hydroxylation is 1. The lowest BCUT2D eigenvalue weighted by atomic mass is 10.1. The highest BCUT2D eigenvalue weighted by molar-refractivity contribution is 7.89. The van der Waals surface area contributed by atoms with Crippen LogP contribution in [-0.2, 0) is 23.1 Å². The molecule has 172 valence electrons. The normalized spacial score (nSPS) is 14.2. The van der Waals surface area contributed by atoms with Gasteiger partial charge in [-0.15, -0.1) is 0 Å². The molecule has 1 amide bonds. The molecular weight excluding hydrogens is 450 g/mol. The minimum absolute atomic E-state index is 0.0123. The van der Waals surface area contributed by atoms with Crippen LogP contribution < -0.4 is 10.1 Å². The third-order valence-electron chi connectivity index (χ3n) is 5.43. The van der Waals surface area contributed by atoms with Gasteiger partial charge in [-0.3, -0.25) is 4.79 Å². The fraction of sp³-hybridized carbons (Fsp3) is 0.208. The molecule has 9 heteroatoms. The highest BCUT2D eigenvalue weighted by Crippen LogP contribution is 2.29. The molecular formula is C24H22F2N2O4S. The number of nitrogens with one attached hydrogen (secondary N) is 1. The maximum atomic E-state index is 13.8. The zero-order valence-electron chi connectivity index (χ0n) is 17.8. The molecule has 1 aliphatic rings. The summed E-state index contributed by atoms with van der Waals surface area (Å²) in [6.07, 6.45) is 0. The SMILES string of the molecule is Cc1ccc(F)cc1S(=O)(=O)N1CCOc2ccc(C(=O)NCc3ccccc3F)cc2C1. The van der Waals surface area contributed by atoms with E-state index in [1.165, 1.54) is 22.5 Å². The van der Waals surface area contributed by atoms with Crippen molar-refractivity contribution in [2.75, 3.05) is 13.2 Å². The van der Waals surface area contributed by atoms with E-state index in [0.717, 1.165) is 6.07 Å². The molecule has 0 fully saturated rings. The number of hydrogen-bond donors (Lipinski definition) is 1. The Labute approximate surface area is 190 Å². The molecule has 0 bridgehead atoms. The molecule has 0 unspecified atom stereocenters. The Morgan fingerprint density at radius 3 is 2.67 bits per heavy atom. The summed E-state index contributed by atoms with van der Waals surface area (Å²) in [5.74, 6) is -1.02. The number of nitrogens with zero attached hydrogens (tertiary/aromatic N) is 1. The van der Waals surface area contributed by atoms with Crippen LogP contribution in [0.3, 0.4) is 0 Å². The Morgan fingerprint density at radius 1 is 1.09 bits per heavy atom. The van der Waals surface area contributed by atoms with Crippen molar-refractivity contribution >= 4 is 15.9 Å². The number of halogens is 2. The van der Waals surface area contributed by atoms with Crippen LogP contribution in [0.4, 0.5) is 8.78 Å². The first-order valence-electron chi connectivity index (χ1n) is 10.3. The topological polar surface area (TPSA) is 75.7 Å². The first kappa shape index (κ1) is 22.9. The van der Waals surface area contributed by atoms with Gasteiger partial charge in [0.25, 0.3) is 5.91 Å². The maximum Gasteiger partial charge on any atom is 0.251 e. The zero-order valence-corrected chi connectivity index (χ0v) is 18.7. The number of carbonyl (C=O) groups is 1. The van der Waals surface area contributed by atoms with E-state index < -0.39 is 27.6 Å². The summed E-state index contributed by atoms with van der Waals surface area (Å²) in [5.41, 5.74) is 1.58. The number of fused-ring (bicyclic) bond motifs is 1. The van der Waals surface area contributed by atoms with Crippen LogP contribution in [0.25, 0.3) is 0 Å². The van der Waals surface area contributed by atoms with Gasteiger partial charge in [-0.25, -0.2) is 17.2 Å². The van der Waals surface area contributed by atoms with Gasteiger partial charge in [-0.2, -0.15) is 4.31 Å². The van der Waals surface area contributed by atoms with Crippen LogP contribution >= 0.6 is 0 Å². The molecule has 3 aromatic carbocycles. The van der Waals surface area contributed by atoms with Gasteiger partial charge in [-0.05, 0) is 48.9 Å². The van der Waals surface area contributed by atoms with Crippen molar-refractivity contribution in [1.82, 2.24) is 9.62 Å². The molecule has 3 aromatic rings. The van der Waals surface area contributed by atoms with Gasteiger partial charge in [0.15, 0.2) is 0 Å². The summed E-state index contributed by atoms with van der Waals surface area (Å²) in [6.45, 7) is 1.76. The third-order valence-corrected chi connectivity index (χ3v) is 7.42. The number of sulfonamides is 1. The van der Waals surface area contributed by atoms with Crippen LogP contribution in [0, 0.1) is 18.6 Å². The minimum atomic E-state index is -3.99. The van der Waals surface area contributed by atoms with Crippen LogP contribution in [0.2, 0.25) is 0 Å². The van der Waals surface area contributed by atoms with Crippen molar-refractivity contribution in [2.45, 2.75) is 24.9 Å². The number of rotatable bonds is 5. The molecule has 0 spiro atoms. The fourth-order valence-electron chi connectivity index (χ4n) is 3.63. The van der Waals surface area contributed by atoms with E-state index in [0.29, 0.717) is 22.4 Å². The van der Waals surface area contributed by atoms with Gasteiger partial charge in [-0.1, -0.05) is 24.3 Å². The van der Waals surface area contributed by atoms with Crippen molar-refractivity contribution in [1.29, 1.82) is 0 Å². The monoisotopic (exact) mass is 472 g/mol. The van der Waals surface area contributed by atoms with Crippen LogP contribution in [0.5, 0.6) is 5.75 Å². The van der Waals surface area contributed by atoms with Crippen molar-refractivity contribution in [3.8, 4) is 5.75 Å². The van der Waals surface area contributed by atoms with Crippen LogP contribution in [0.15, 0.2) is 65.6 Å². The van der Waals surface area contributed by atoms with E-state index in [2.05, 4.69) is 5.32 Å². The van der Waals surface area contributed by atoms with Crippen molar-refractivity contribution in [2.24, 2.45) is 0 Å². The summed E-state index contributed by atoms with van der Waals surface area (Å²) in [6, 6.07) is 14.5. The number of ether oxygens (including phenoxy) is 1. The lowest BCUT2D eigenvalue weighted by Crippen LogP contribution is -2.33. The Hall–Kier alpha value is -3.30. The van der Waals surface area contributed by atoms with Crippen LogP contribution in [-0.4, -0.2) is 31.8 Å². The predicted octanol–water partition coefficient (Wildman–Crippen LogP) is 3.79. The summed E-state index contributed by atoms with van der Waals surface area (Å²) in [7, 11) is -3.99. The molecule has 6 nitrogen and oxygen atoms in total. The average Bonchev–Trinajstić information content (AvgIpc) is 3.02. The Kier molecular flexibility index (Phi) is 6.44. The van der Waals surface area contributed by atoms with Crippen molar-refractivity contribution in [3.63, 3.8) is 0 Å². The molecule has 0 radical (unpaired) electrons. The van der Waals surface area contributed by atoms with Gasteiger partial charge in [0.1, 0.15) is 24.0 Å². The summed E-state index contributed by atoms with van der Waals surface area (Å²) >= 11 is 0. The summed E-state index contributed by atoms with van der Waals surface area (Å²) in [4.78, 5) is 12.5. The van der Waals surface area contributed by atoms with Crippen molar-refractivity contribution < 1.29 is 26.7 Å². The molecule has 0 aromatic heterocycles. The summed E-state index contributed by atoms with van der Waals surface area (Å²) < 4.78 is 60.9. The molecule has 4 rings (SSSR count). The summed E-state index contributed by atoms with van der Waals surface area (Å²) in [5, 5.41) is 2.67. The maximum absolute atomic E-state index is 13.8. The standard InChI is InChI=1S/C24H22F2N2O4S/c1-16-6-8-20(25)13-23(16)33(30,31)28-10-11-32-22-9-7-17(12-19(22)15-28)24(29)27-14-18-4-2-3-5-21(18)26/h2-9,12-13H,10-11,14-15H2,1H3,(H,27,29). The Balaban J connectivity index is 1.56. The minimum Gasteiger partial charge on any atom is -0.492 e. The molecule has 0 saturated heterocycles. The lowest BCUT2D eigenvalue weighted by Gasteiger charge is -2.21. The van der Waals surface area contributed by atoms with E-state index in [-0.39, 0.29) is 36.7 Å². The van der Waals surface area contributed by atoms with Gasteiger partial charge in [0.05, 0.1) is 4.90 Å². The molecule has 0 saturated carbocycles. The van der Waals surface area contributed by atoms with Gasteiger partial charge < -0.3 is 10.1 Å². The van der Waals surface area contributed by atoms with E-state index in [9.17, 15) is 22.0 Å². The average molecular weight is 473 g/mol. The second-order valence-corrected chi connectivity index (χ2v) is 9.60. The quantitative estimate of drug-likeness (QED) is 0.613. The van der Waals surface area contributed by atoms with Crippen molar-refractivity contribution in [3.05, 3.63) is 94.6 Å². The molecule has 33 heavy (non-hydrogen) atoms. The number of benzene rings is 3. The van der Waals surface area contributed by atoms with E-state index in [4.69, 9.17) is 4.74 Å². The van der Waals surface area contributed by atoms with Gasteiger partial charge >= 0.3 is 0 Å². The highest BCUT2D eigenvalue weighted by Gasteiger charge is 2.29. The second-order valence-electron chi connectivity index (χ2n) is 7.69. The first-order chi connectivity index (χ1) is 15.8. The number of carbonyl (C=O) groups excluding carboxylic acids is 1. The van der Waals surface area contributed by atoms with E-state index in [1.54, 1.807) is 43.3 Å². The number of amides is 1. The third kappa shape index (κ3) is 4.89. The van der Waals surface area contributed by atoms with E-state index in [1.807, 2.05) is 0 Å².